The van der Waals surface area contributed by atoms with Gasteiger partial charge >= 0.3 is 0 Å². The summed E-state index contributed by atoms with van der Waals surface area (Å²) in [5.41, 5.74) is 3.95. The third-order valence-corrected chi connectivity index (χ3v) is 3.94. The Bertz CT molecular complexity index is 216. The van der Waals surface area contributed by atoms with Gasteiger partial charge in [0.2, 0.25) is 0 Å². The van der Waals surface area contributed by atoms with Gasteiger partial charge in [0.1, 0.15) is 0 Å². The van der Waals surface area contributed by atoms with Crippen LogP contribution < -0.4 is 0 Å². The summed E-state index contributed by atoms with van der Waals surface area (Å²) in [7, 11) is 0. The monoisotopic (exact) mass is 194 g/mol. The molecule has 0 aliphatic heterocycles. The van der Waals surface area contributed by atoms with Crippen LogP contribution in [0.1, 0.15) is 66.7 Å². The van der Waals surface area contributed by atoms with Gasteiger partial charge in [-0.2, -0.15) is 0 Å². The van der Waals surface area contributed by atoms with Gasteiger partial charge in [-0.25, -0.2) is 0 Å². The third kappa shape index (κ3) is 2.21. The predicted octanol–water partition coefficient (Wildman–Crippen LogP) is 4.95. The number of hydrogen-bond acceptors (Lipinski definition) is 0. The summed E-state index contributed by atoms with van der Waals surface area (Å²) in [5, 5.41) is 0. The lowest BCUT2D eigenvalue weighted by Crippen LogP contribution is -2.25. The van der Waals surface area contributed by atoms with E-state index in [1.807, 2.05) is 0 Å². The normalized spacial score (nSPS) is 21.9. The molecule has 0 aromatic carbocycles. The fourth-order valence-electron chi connectivity index (χ4n) is 3.24. The quantitative estimate of drug-likeness (QED) is 0.558. The van der Waals surface area contributed by atoms with Crippen molar-refractivity contribution in [1.82, 2.24) is 0 Å². The van der Waals surface area contributed by atoms with Crippen LogP contribution in [0.3, 0.4) is 0 Å². The molecule has 0 atom stereocenters. The molecular weight excluding hydrogens is 168 g/mol. The molecule has 0 heterocycles. The molecule has 0 bridgehead atoms. The van der Waals surface area contributed by atoms with Crippen LogP contribution in [0.5, 0.6) is 0 Å². The lowest BCUT2D eigenvalue weighted by atomic mass is 9.67. The molecule has 14 heavy (non-hydrogen) atoms. The van der Waals surface area contributed by atoms with Crippen LogP contribution in [0.15, 0.2) is 11.1 Å². The van der Waals surface area contributed by atoms with Crippen molar-refractivity contribution in [2.24, 2.45) is 11.3 Å². The Labute approximate surface area is 89.8 Å². The van der Waals surface area contributed by atoms with Crippen LogP contribution in [-0.4, -0.2) is 0 Å². The molecule has 0 saturated carbocycles. The smallest absolute Gasteiger partial charge is 0.0139 e. The van der Waals surface area contributed by atoms with E-state index in [-0.39, 0.29) is 0 Å². The van der Waals surface area contributed by atoms with E-state index in [9.17, 15) is 0 Å². The fourth-order valence-corrected chi connectivity index (χ4v) is 3.24. The van der Waals surface area contributed by atoms with Crippen molar-refractivity contribution >= 4 is 0 Å². The highest BCUT2D eigenvalue weighted by Gasteiger charge is 2.31. The molecule has 0 saturated heterocycles. The van der Waals surface area contributed by atoms with Gasteiger partial charge in [0.05, 0.1) is 0 Å². The van der Waals surface area contributed by atoms with E-state index in [4.69, 9.17) is 0 Å². The van der Waals surface area contributed by atoms with E-state index < -0.39 is 0 Å². The summed E-state index contributed by atoms with van der Waals surface area (Å²) < 4.78 is 0. The minimum atomic E-state index is 0.471. The zero-order chi connectivity index (χ0) is 10.8. The molecule has 82 valence electrons. The van der Waals surface area contributed by atoms with Gasteiger partial charge in [-0.05, 0) is 50.4 Å². The highest BCUT2D eigenvalue weighted by molar-refractivity contribution is 5.24. The highest BCUT2D eigenvalue weighted by Crippen LogP contribution is 2.45. The molecule has 0 spiro atoms. The number of allylic oxidation sites excluding steroid dienone is 2. The Morgan fingerprint density at radius 1 is 1.21 bits per heavy atom. The van der Waals surface area contributed by atoms with E-state index in [0.717, 1.165) is 5.92 Å². The van der Waals surface area contributed by atoms with Crippen LogP contribution in [0.25, 0.3) is 0 Å². The molecule has 0 aromatic rings. The molecule has 0 fully saturated rings. The molecule has 0 unspecified atom stereocenters. The van der Waals surface area contributed by atoms with Crippen LogP contribution in [0.2, 0.25) is 0 Å². The highest BCUT2D eigenvalue weighted by atomic mass is 14.4. The Balaban J connectivity index is 3.00. The van der Waals surface area contributed by atoms with Gasteiger partial charge in [0.15, 0.2) is 0 Å². The maximum absolute atomic E-state index is 2.43. The second-order valence-corrected chi connectivity index (χ2v) is 5.44. The molecule has 0 N–H and O–H groups in total. The van der Waals surface area contributed by atoms with Crippen molar-refractivity contribution < 1.29 is 0 Å². The van der Waals surface area contributed by atoms with Gasteiger partial charge < -0.3 is 0 Å². The van der Waals surface area contributed by atoms with Crippen molar-refractivity contribution in [3.63, 3.8) is 0 Å². The van der Waals surface area contributed by atoms with E-state index in [2.05, 4.69) is 34.6 Å². The lowest BCUT2D eigenvalue weighted by Gasteiger charge is -2.38. The Kier molecular flexibility index (Phi) is 3.80. The first kappa shape index (κ1) is 11.8. The topological polar surface area (TPSA) is 0 Å². The molecule has 0 heteroatoms. The molecule has 0 radical (unpaired) electrons. The second-order valence-electron chi connectivity index (χ2n) is 5.44. The van der Waals surface area contributed by atoms with E-state index in [1.54, 1.807) is 11.1 Å². The first-order valence-corrected chi connectivity index (χ1v) is 6.23. The number of hydrogen-bond donors (Lipinski definition) is 0. The standard InChI is InChI=1S/C14H26/c1-6-12(7-2)13-11(3)9-8-10-14(13,4)5/h12H,6-10H2,1-5H3. The first-order chi connectivity index (χ1) is 6.53. The van der Waals surface area contributed by atoms with Gasteiger partial charge in [0, 0.05) is 0 Å². The van der Waals surface area contributed by atoms with E-state index >= 15 is 0 Å². The van der Waals surface area contributed by atoms with Gasteiger partial charge in [0.25, 0.3) is 0 Å². The first-order valence-electron chi connectivity index (χ1n) is 6.23. The van der Waals surface area contributed by atoms with Crippen LogP contribution in [-0.2, 0) is 0 Å². The van der Waals surface area contributed by atoms with Crippen LogP contribution in [0, 0.1) is 11.3 Å². The van der Waals surface area contributed by atoms with Crippen LogP contribution >= 0.6 is 0 Å². The molecule has 1 aliphatic rings. The molecule has 1 rings (SSSR count). The molecule has 0 aromatic heterocycles. The maximum Gasteiger partial charge on any atom is -0.0139 e. The van der Waals surface area contributed by atoms with Gasteiger partial charge in [-0.3, -0.25) is 0 Å². The van der Waals surface area contributed by atoms with Gasteiger partial charge in [-0.15, -0.1) is 0 Å². The fraction of sp³-hybridized carbons (Fsp3) is 0.857. The Morgan fingerprint density at radius 2 is 1.79 bits per heavy atom. The SMILES string of the molecule is CCC(CC)C1=C(C)CCCC1(C)C. The zero-order valence-corrected chi connectivity index (χ0v) is 10.6. The number of rotatable bonds is 3. The van der Waals surface area contributed by atoms with Crippen LogP contribution in [0.4, 0.5) is 0 Å². The molecule has 1 aliphatic carbocycles. The third-order valence-electron chi connectivity index (χ3n) is 3.94. The summed E-state index contributed by atoms with van der Waals surface area (Å²) in [6.07, 6.45) is 6.74. The van der Waals surface area contributed by atoms with Crippen molar-refractivity contribution in [2.75, 3.05) is 0 Å². The van der Waals surface area contributed by atoms with E-state index in [1.165, 1.54) is 32.1 Å². The van der Waals surface area contributed by atoms with Crippen molar-refractivity contribution in [1.29, 1.82) is 0 Å². The summed E-state index contributed by atoms with van der Waals surface area (Å²) >= 11 is 0. The minimum absolute atomic E-state index is 0.471. The molecule has 0 nitrogen and oxygen atoms in total. The van der Waals surface area contributed by atoms with Crippen molar-refractivity contribution in [2.45, 2.75) is 66.7 Å². The van der Waals surface area contributed by atoms with E-state index in [0.29, 0.717) is 5.41 Å². The summed E-state index contributed by atoms with van der Waals surface area (Å²) in [6, 6.07) is 0. The van der Waals surface area contributed by atoms with Gasteiger partial charge in [-0.1, -0.05) is 38.8 Å². The molecule has 0 amide bonds. The maximum atomic E-state index is 2.43. The van der Waals surface area contributed by atoms with Crippen molar-refractivity contribution in [3.05, 3.63) is 11.1 Å². The summed E-state index contributed by atoms with van der Waals surface area (Å²) in [4.78, 5) is 0. The van der Waals surface area contributed by atoms with Crippen molar-refractivity contribution in [3.8, 4) is 0 Å². The minimum Gasteiger partial charge on any atom is -0.0733 e. The second kappa shape index (κ2) is 4.51. The average Bonchev–Trinajstić information content (AvgIpc) is 2.11. The predicted molar refractivity (Wildman–Crippen MR) is 64.4 cm³/mol. The molecular formula is C14H26. The average molecular weight is 194 g/mol. The largest absolute Gasteiger partial charge is 0.0733 e. The Hall–Kier alpha value is -0.260. The lowest BCUT2D eigenvalue weighted by molar-refractivity contribution is 0.314. The zero-order valence-electron chi connectivity index (χ0n) is 10.6. The Morgan fingerprint density at radius 3 is 2.21 bits per heavy atom. The summed E-state index contributed by atoms with van der Waals surface area (Å²) in [5.74, 6) is 0.838. The summed E-state index contributed by atoms with van der Waals surface area (Å²) in [6.45, 7) is 11.9.